The van der Waals surface area contributed by atoms with Crippen molar-refractivity contribution in [2.45, 2.75) is 58.9 Å². The van der Waals surface area contributed by atoms with E-state index in [0.29, 0.717) is 11.9 Å². The van der Waals surface area contributed by atoms with Crippen LogP contribution in [0.2, 0.25) is 0 Å². The summed E-state index contributed by atoms with van der Waals surface area (Å²) in [5.41, 5.74) is 0. The predicted molar refractivity (Wildman–Crippen MR) is 122 cm³/mol. The number of carbonyl (C=O) groups excluding carboxylic acids is 2. The molecule has 0 bridgehead atoms. The number of nitrogens with one attached hydrogen (secondary N) is 2. The highest BCUT2D eigenvalue weighted by molar-refractivity contribution is 14.0. The number of piperidine rings is 1. The summed E-state index contributed by atoms with van der Waals surface area (Å²) in [5, 5.41) is 6.70. The van der Waals surface area contributed by atoms with Crippen molar-refractivity contribution in [3.8, 4) is 0 Å². The smallest absolute Gasteiger partial charge is 0.243 e. The van der Waals surface area contributed by atoms with E-state index in [1.54, 1.807) is 19.0 Å². The predicted octanol–water partition coefficient (Wildman–Crippen LogP) is 2.06. The molecule has 1 heterocycles. The van der Waals surface area contributed by atoms with Gasteiger partial charge in [-0.25, -0.2) is 4.99 Å². The minimum Gasteiger partial charge on any atom is -0.356 e. The third kappa shape index (κ3) is 9.12. The van der Waals surface area contributed by atoms with Crippen LogP contribution in [0.15, 0.2) is 4.99 Å². The SMILES string of the molecule is CCCNC(=NCC(=O)N(C)C)NC1CCN(C(=O)C(CC)CC)CC1.I. The topological polar surface area (TPSA) is 77.0 Å². The Balaban J connectivity index is 0.00000676. The van der Waals surface area contributed by atoms with Gasteiger partial charge in [0, 0.05) is 45.7 Å². The van der Waals surface area contributed by atoms with Gasteiger partial charge >= 0.3 is 0 Å². The molecule has 0 aromatic carbocycles. The normalized spacial score (nSPS) is 15.3. The molecule has 2 amide bonds. The minimum absolute atomic E-state index is 0. The molecule has 1 rings (SSSR count). The zero-order chi connectivity index (χ0) is 19.5. The Morgan fingerprint density at radius 3 is 2.22 bits per heavy atom. The first-order chi connectivity index (χ1) is 12.4. The Morgan fingerprint density at radius 1 is 1.15 bits per heavy atom. The fourth-order valence-electron chi connectivity index (χ4n) is 3.02. The van der Waals surface area contributed by atoms with Gasteiger partial charge in [-0.3, -0.25) is 9.59 Å². The van der Waals surface area contributed by atoms with E-state index in [2.05, 4.69) is 36.4 Å². The summed E-state index contributed by atoms with van der Waals surface area (Å²) in [6.45, 7) is 8.77. The number of rotatable bonds is 8. The van der Waals surface area contributed by atoms with Gasteiger partial charge in [0.2, 0.25) is 11.8 Å². The third-order valence-electron chi connectivity index (χ3n) is 4.90. The van der Waals surface area contributed by atoms with E-state index in [0.717, 1.165) is 51.7 Å². The van der Waals surface area contributed by atoms with E-state index >= 15 is 0 Å². The van der Waals surface area contributed by atoms with Crippen molar-refractivity contribution in [3.63, 3.8) is 0 Å². The molecule has 0 saturated carbocycles. The molecule has 0 atom stereocenters. The molecule has 8 heteroatoms. The number of nitrogens with zero attached hydrogens (tertiary/aromatic N) is 3. The lowest BCUT2D eigenvalue weighted by Gasteiger charge is -2.35. The highest BCUT2D eigenvalue weighted by atomic mass is 127. The van der Waals surface area contributed by atoms with Gasteiger partial charge in [-0.05, 0) is 32.1 Å². The standard InChI is InChI=1S/C19H37N5O2.HI/c1-6-11-20-19(21-14-17(25)23(4)5)22-16-9-12-24(13-10-16)18(26)15(7-2)8-3;/h15-16H,6-14H2,1-5H3,(H2,20,21,22);1H. The van der Waals surface area contributed by atoms with E-state index in [1.165, 1.54) is 0 Å². The average Bonchev–Trinajstić information content (AvgIpc) is 2.64. The van der Waals surface area contributed by atoms with Crippen LogP contribution in [-0.4, -0.2) is 73.9 Å². The first-order valence-electron chi connectivity index (χ1n) is 9.96. The lowest BCUT2D eigenvalue weighted by atomic mass is 9.98. The monoisotopic (exact) mass is 495 g/mol. The Bertz CT molecular complexity index is 473. The molecule has 0 spiro atoms. The first kappa shape index (κ1) is 25.9. The Hall–Kier alpha value is -1.06. The minimum atomic E-state index is -0.0202. The molecule has 0 radical (unpaired) electrons. The number of aliphatic imine (C=N–C) groups is 1. The zero-order valence-electron chi connectivity index (χ0n) is 17.6. The molecule has 27 heavy (non-hydrogen) atoms. The van der Waals surface area contributed by atoms with Crippen LogP contribution in [0, 0.1) is 5.92 Å². The summed E-state index contributed by atoms with van der Waals surface area (Å²) in [6, 6.07) is 0.276. The van der Waals surface area contributed by atoms with E-state index in [1.807, 2.05) is 4.90 Å². The van der Waals surface area contributed by atoms with Gasteiger partial charge in [-0.15, -0.1) is 24.0 Å². The summed E-state index contributed by atoms with van der Waals surface area (Å²) < 4.78 is 0. The first-order valence-corrected chi connectivity index (χ1v) is 9.96. The summed E-state index contributed by atoms with van der Waals surface area (Å²) in [7, 11) is 3.47. The van der Waals surface area contributed by atoms with Crippen LogP contribution in [0.1, 0.15) is 52.9 Å². The van der Waals surface area contributed by atoms with Gasteiger partial charge in [-0.2, -0.15) is 0 Å². The summed E-state index contributed by atoms with van der Waals surface area (Å²) in [6.07, 6.45) is 4.61. The lowest BCUT2D eigenvalue weighted by molar-refractivity contribution is -0.136. The maximum atomic E-state index is 12.5. The number of carbonyl (C=O) groups is 2. The van der Waals surface area contributed by atoms with Crippen molar-refractivity contribution in [2.75, 3.05) is 40.3 Å². The maximum Gasteiger partial charge on any atom is 0.243 e. The van der Waals surface area contributed by atoms with Crippen molar-refractivity contribution in [1.82, 2.24) is 20.4 Å². The number of likely N-dealkylation sites (N-methyl/N-ethyl adjacent to an activating group) is 1. The second-order valence-electron chi connectivity index (χ2n) is 7.14. The van der Waals surface area contributed by atoms with Crippen molar-refractivity contribution >= 4 is 41.8 Å². The Labute approximate surface area is 181 Å². The van der Waals surface area contributed by atoms with E-state index in [4.69, 9.17) is 0 Å². The lowest BCUT2D eigenvalue weighted by Crippen LogP contribution is -2.51. The molecule has 1 saturated heterocycles. The number of likely N-dealkylation sites (tertiary alicyclic amines) is 1. The van der Waals surface area contributed by atoms with Crippen molar-refractivity contribution < 1.29 is 9.59 Å². The van der Waals surface area contributed by atoms with Crippen molar-refractivity contribution in [3.05, 3.63) is 0 Å². The molecule has 0 aromatic heterocycles. The Kier molecular flexibility index (Phi) is 13.5. The van der Waals surface area contributed by atoms with E-state index in [-0.39, 0.29) is 48.4 Å². The molecule has 158 valence electrons. The molecule has 1 fully saturated rings. The number of hydrogen-bond acceptors (Lipinski definition) is 3. The molecule has 0 aromatic rings. The van der Waals surface area contributed by atoms with Crippen molar-refractivity contribution in [2.24, 2.45) is 10.9 Å². The fraction of sp³-hybridized carbons (Fsp3) is 0.842. The van der Waals surface area contributed by atoms with Gasteiger partial charge in [0.15, 0.2) is 5.96 Å². The van der Waals surface area contributed by atoms with Crippen molar-refractivity contribution in [1.29, 1.82) is 0 Å². The van der Waals surface area contributed by atoms with Crippen LogP contribution < -0.4 is 10.6 Å². The third-order valence-corrected chi connectivity index (χ3v) is 4.90. The summed E-state index contributed by atoms with van der Waals surface area (Å²) >= 11 is 0. The summed E-state index contributed by atoms with van der Waals surface area (Å²) in [5.74, 6) is 1.11. The van der Waals surface area contributed by atoms with Crippen LogP contribution in [0.3, 0.4) is 0 Å². The average molecular weight is 495 g/mol. The number of amides is 2. The van der Waals surface area contributed by atoms with E-state index < -0.39 is 0 Å². The van der Waals surface area contributed by atoms with Gasteiger partial charge in [-0.1, -0.05) is 20.8 Å². The molecule has 2 N–H and O–H groups in total. The van der Waals surface area contributed by atoms with E-state index in [9.17, 15) is 9.59 Å². The maximum absolute atomic E-state index is 12.5. The highest BCUT2D eigenvalue weighted by Crippen LogP contribution is 2.17. The second kappa shape index (κ2) is 14.0. The molecule has 0 unspecified atom stereocenters. The fourth-order valence-corrected chi connectivity index (χ4v) is 3.02. The quantitative estimate of drug-likeness (QED) is 0.307. The van der Waals surface area contributed by atoms with Crippen LogP contribution in [0.4, 0.5) is 0 Å². The van der Waals surface area contributed by atoms with Crippen LogP contribution in [-0.2, 0) is 9.59 Å². The van der Waals surface area contributed by atoms with Crippen LogP contribution in [0.5, 0.6) is 0 Å². The zero-order valence-corrected chi connectivity index (χ0v) is 19.9. The molecule has 1 aliphatic heterocycles. The Morgan fingerprint density at radius 2 is 1.74 bits per heavy atom. The van der Waals surface area contributed by atoms with Gasteiger partial charge in [0.1, 0.15) is 6.54 Å². The van der Waals surface area contributed by atoms with Gasteiger partial charge < -0.3 is 20.4 Å². The molecular formula is C19H38IN5O2. The largest absolute Gasteiger partial charge is 0.356 e. The number of halogens is 1. The molecule has 0 aliphatic carbocycles. The molecule has 1 aliphatic rings. The van der Waals surface area contributed by atoms with Crippen LogP contribution in [0.25, 0.3) is 0 Å². The van der Waals surface area contributed by atoms with Gasteiger partial charge in [0.05, 0.1) is 0 Å². The summed E-state index contributed by atoms with van der Waals surface area (Å²) in [4.78, 5) is 32.2. The molecular weight excluding hydrogens is 457 g/mol. The number of guanidine groups is 1. The molecule has 7 nitrogen and oxygen atoms in total. The highest BCUT2D eigenvalue weighted by Gasteiger charge is 2.26. The second-order valence-corrected chi connectivity index (χ2v) is 7.14. The number of hydrogen-bond donors (Lipinski definition) is 2. The van der Waals surface area contributed by atoms with Crippen LogP contribution >= 0.6 is 24.0 Å². The van der Waals surface area contributed by atoms with Gasteiger partial charge in [0.25, 0.3) is 0 Å².